The molecule has 83 valence electrons. The molecule has 16 heavy (non-hydrogen) atoms. The predicted molar refractivity (Wildman–Crippen MR) is 63.4 cm³/mol. The van der Waals surface area contributed by atoms with Crippen molar-refractivity contribution in [2.45, 2.75) is 26.9 Å². The van der Waals surface area contributed by atoms with Gasteiger partial charge in [0.15, 0.2) is 0 Å². The number of imidazole rings is 1. The first-order chi connectivity index (χ1) is 7.66. The van der Waals surface area contributed by atoms with Gasteiger partial charge in [0.25, 0.3) is 0 Å². The highest BCUT2D eigenvalue weighted by Crippen LogP contribution is 2.27. The number of H-pyrrole nitrogens is 1. The second kappa shape index (κ2) is 4.39. The molecule has 1 aromatic carbocycles. The van der Waals surface area contributed by atoms with Gasteiger partial charge in [-0.25, -0.2) is 4.98 Å². The van der Waals surface area contributed by atoms with E-state index >= 15 is 0 Å². The van der Waals surface area contributed by atoms with Crippen LogP contribution in [0.3, 0.4) is 0 Å². The van der Waals surface area contributed by atoms with Crippen LogP contribution >= 0.6 is 0 Å². The number of hydrogen-bond acceptors (Lipinski definition) is 2. The summed E-state index contributed by atoms with van der Waals surface area (Å²) in [5.74, 6) is 1.65. The van der Waals surface area contributed by atoms with Gasteiger partial charge in [0, 0.05) is 6.20 Å². The zero-order valence-electron chi connectivity index (χ0n) is 9.74. The van der Waals surface area contributed by atoms with Gasteiger partial charge in [-0.3, -0.25) is 0 Å². The molecule has 3 nitrogen and oxygen atoms in total. The van der Waals surface area contributed by atoms with E-state index in [1.165, 1.54) is 0 Å². The van der Waals surface area contributed by atoms with E-state index in [0.717, 1.165) is 22.8 Å². The second-order valence-corrected chi connectivity index (χ2v) is 3.98. The standard InChI is InChI=1S/C13H15N2O/c1-9(2)16-12-7-5-4-6-11(12)13-14-8-10(3)15-13/h4,6-9H,1-3H3,(H,14,15). The van der Waals surface area contributed by atoms with Gasteiger partial charge in [-0.05, 0) is 39.0 Å². The number of aromatic nitrogens is 2. The summed E-state index contributed by atoms with van der Waals surface area (Å²) in [4.78, 5) is 7.53. The Morgan fingerprint density at radius 1 is 1.44 bits per heavy atom. The fraction of sp³-hybridized carbons (Fsp3) is 0.308. The summed E-state index contributed by atoms with van der Waals surface area (Å²) in [6.45, 7) is 5.96. The lowest BCUT2D eigenvalue weighted by Gasteiger charge is -2.12. The molecule has 1 heterocycles. The van der Waals surface area contributed by atoms with Crippen molar-refractivity contribution in [1.29, 1.82) is 0 Å². The van der Waals surface area contributed by atoms with Crippen LogP contribution in [-0.4, -0.2) is 16.1 Å². The lowest BCUT2D eigenvalue weighted by Crippen LogP contribution is -2.06. The van der Waals surface area contributed by atoms with E-state index in [9.17, 15) is 0 Å². The Hall–Kier alpha value is -1.77. The zero-order chi connectivity index (χ0) is 11.5. The number of aromatic amines is 1. The zero-order valence-corrected chi connectivity index (χ0v) is 9.74. The van der Waals surface area contributed by atoms with Gasteiger partial charge in [0.1, 0.15) is 11.6 Å². The number of benzene rings is 1. The molecule has 1 aromatic heterocycles. The molecule has 0 unspecified atom stereocenters. The average Bonchev–Trinajstić information content (AvgIpc) is 2.65. The van der Waals surface area contributed by atoms with Crippen LogP contribution < -0.4 is 4.74 Å². The summed E-state index contributed by atoms with van der Waals surface area (Å²) in [6.07, 6.45) is 2.02. The highest BCUT2D eigenvalue weighted by atomic mass is 16.5. The second-order valence-electron chi connectivity index (χ2n) is 3.98. The third kappa shape index (κ3) is 2.24. The molecule has 3 heteroatoms. The lowest BCUT2D eigenvalue weighted by molar-refractivity contribution is 0.243. The third-order valence-corrected chi connectivity index (χ3v) is 2.15. The Morgan fingerprint density at radius 3 is 2.88 bits per heavy atom. The van der Waals surface area contributed by atoms with E-state index in [4.69, 9.17) is 4.74 Å². The van der Waals surface area contributed by atoms with Crippen LogP contribution in [-0.2, 0) is 0 Å². The van der Waals surface area contributed by atoms with Crippen LogP contribution in [0, 0.1) is 13.0 Å². The summed E-state index contributed by atoms with van der Waals surface area (Å²) >= 11 is 0. The van der Waals surface area contributed by atoms with Crippen molar-refractivity contribution < 1.29 is 4.74 Å². The van der Waals surface area contributed by atoms with Crippen LogP contribution in [0.1, 0.15) is 19.5 Å². The summed E-state index contributed by atoms with van der Waals surface area (Å²) in [5, 5.41) is 0. The number of ether oxygens (including phenoxy) is 1. The quantitative estimate of drug-likeness (QED) is 0.854. The Labute approximate surface area is 95.5 Å². The number of nitrogens with zero attached hydrogens (tertiary/aromatic N) is 1. The summed E-state index contributed by atoms with van der Waals surface area (Å²) in [5.41, 5.74) is 1.94. The normalized spacial score (nSPS) is 10.8. The molecule has 0 saturated carbocycles. The van der Waals surface area contributed by atoms with Crippen molar-refractivity contribution in [2.75, 3.05) is 0 Å². The first kappa shape index (κ1) is 10.7. The topological polar surface area (TPSA) is 37.9 Å². The molecule has 0 amide bonds. The van der Waals surface area contributed by atoms with Crippen molar-refractivity contribution >= 4 is 0 Å². The van der Waals surface area contributed by atoms with E-state index < -0.39 is 0 Å². The van der Waals surface area contributed by atoms with E-state index in [1.807, 2.05) is 45.2 Å². The van der Waals surface area contributed by atoms with Crippen LogP contribution in [0.4, 0.5) is 0 Å². The predicted octanol–water partition coefficient (Wildman–Crippen LogP) is 2.97. The summed E-state index contributed by atoms with van der Waals surface area (Å²) in [7, 11) is 0. The Balaban J connectivity index is 2.40. The number of rotatable bonds is 3. The van der Waals surface area contributed by atoms with Gasteiger partial charge < -0.3 is 9.72 Å². The lowest BCUT2D eigenvalue weighted by atomic mass is 10.2. The molecule has 0 atom stereocenters. The molecular weight excluding hydrogens is 200 g/mol. The number of aryl methyl sites for hydroxylation is 1. The van der Waals surface area contributed by atoms with Crippen molar-refractivity contribution in [1.82, 2.24) is 9.97 Å². The Kier molecular flexibility index (Phi) is 2.95. The molecule has 0 aliphatic heterocycles. The molecule has 1 radical (unpaired) electrons. The Bertz CT molecular complexity index is 474. The highest BCUT2D eigenvalue weighted by molar-refractivity contribution is 5.64. The molecule has 0 aliphatic carbocycles. The van der Waals surface area contributed by atoms with Crippen LogP contribution in [0.25, 0.3) is 11.4 Å². The molecule has 0 saturated heterocycles. The first-order valence-electron chi connectivity index (χ1n) is 5.36. The Morgan fingerprint density at radius 2 is 2.25 bits per heavy atom. The van der Waals surface area contributed by atoms with E-state index in [-0.39, 0.29) is 6.10 Å². The van der Waals surface area contributed by atoms with Crippen LogP contribution in [0.2, 0.25) is 0 Å². The third-order valence-electron chi connectivity index (χ3n) is 2.15. The molecule has 2 rings (SSSR count). The minimum Gasteiger partial charge on any atom is -0.490 e. The van der Waals surface area contributed by atoms with Gasteiger partial charge in [0.2, 0.25) is 0 Å². The number of hydrogen-bond donors (Lipinski definition) is 1. The van der Waals surface area contributed by atoms with Crippen molar-refractivity contribution in [3.05, 3.63) is 36.2 Å². The fourth-order valence-electron chi connectivity index (χ4n) is 1.51. The van der Waals surface area contributed by atoms with Gasteiger partial charge >= 0.3 is 0 Å². The maximum absolute atomic E-state index is 5.72. The van der Waals surface area contributed by atoms with Gasteiger partial charge in [-0.1, -0.05) is 6.07 Å². The minimum atomic E-state index is 0.144. The molecule has 2 aromatic rings. The van der Waals surface area contributed by atoms with E-state index in [2.05, 4.69) is 16.0 Å². The molecular formula is C13H15N2O. The highest BCUT2D eigenvalue weighted by Gasteiger charge is 2.09. The van der Waals surface area contributed by atoms with Gasteiger partial charge in [-0.15, -0.1) is 0 Å². The summed E-state index contributed by atoms with van der Waals surface area (Å²) in [6, 6.07) is 8.67. The van der Waals surface area contributed by atoms with Gasteiger partial charge in [-0.2, -0.15) is 0 Å². The fourth-order valence-corrected chi connectivity index (χ4v) is 1.51. The smallest absolute Gasteiger partial charge is 0.141 e. The van der Waals surface area contributed by atoms with Crippen LogP contribution in [0.5, 0.6) is 5.75 Å². The molecule has 1 N–H and O–H groups in total. The summed E-state index contributed by atoms with van der Waals surface area (Å²) < 4.78 is 5.72. The largest absolute Gasteiger partial charge is 0.490 e. The molecule has 0 fully saturated rings. The SMILES string of the molecule is Cc1c[nH]c(-c2cc[c]cc2OC(C)C)n1. The average molecular weight is 215 g/mol. The molecule has 0 spiro atoms. The number of nitrogens with one attached hydrogen (secondary N) is 1. The maximum Gasteiger partial charge on any atom is 0.141 e. The van der Waals surface area contributed by atoms with E-state index in [0.29, 0.717) is 0 Å². The maximum atomic E-state index is 5.72. The van der Waals surface area contributed by atoms with E-state index in [1.54, 1.807) is 0 Å². The molecule has 0 bridgehead atoms. The van der Waals surface area contributed by atoms with Crippen molar-refractivity contribution in [3.8, 4) is 17.1 Å². The van der Waals surface area contributed by atoms with Crippen molar-refractivity contribution in [2.24, 2.45) is 0 Å². The minimum absolute atomic E-state index is 0.144. The van der Waals surface area contributed by atoms with Gasteiger partial charge in [0.05, 0.1) is 17.4 Å². The monoisotopic (exact) mass is 215 g/mol. The van der Waals surface area contributed by atoms with Crippen molar-refractivity contribution in [3.63, 3.8) is 0 Å². The molecule has 0 aliphatic rings. The first-order valence-corrected chi connectivity index (χ1v) is 5.36. The van der Waals surface area contributed by atoms with Crippen LogP contribution in [0.15, 0.2) is 24.4 Å².